The van der Waals surface area contributed by atoms with E-state index in [-0.39, 0.29) is 0 Å². The Morgan fingerprint density at radius 3 is 2.45 bits per heavy atom. The van der Waals surface area contributed by atoms with Crippen molar-refractivity contribution < 1.29 is 0 Å². The molecule has 1 aromatic rings. The highest BCUT2D eigenvalue weighted by atomic mass is 15.2. The van der Waals surface area contributed by atoms with Gasteiger partial charge in [0.05, 0.1) is 0 Å². The van der Waals surface area contributed by atoms with E-state index < -0.39 is 0 Å². The van der Waals surface area contributed by atoms with Gasteiger partial charge in [0.15, 0.2) is 0 Å². The second kappa shape index (κ2) is 7.02. The first-order chi connectivity index (χ1) is 9.92. The van der Waals surface area contributed by atoms with Gasteiger partial charge in [0.1, 0.15) is 0 Å². The number of nitrogens with zero attached hydrogens (tertiary/aromatic N) is 3. The van der Waals surface area contributed by atoms with Crippen molar-refractivity contribution >= 4 is 5.95 Å². The SMILES string of the molecule is c1cnc(NCCC2CCN(C3CCCC3)CC2)nc1. The molecule has 4 nitrogen and oxygen atoms in total. The Bertz CT molecular complexity index is 381. The number of hydrogen-bond acceptors (Lipinski definition) is 4. The summed E-state index contributed by atoms with van der Waals surface area (Å²) in [5.41, 5.74) is 0. The lowest BCUT2D eigenvalue weighted by molar-refractivity contribution is 0.132. The van der Waals surface area contributed by atoms with Gasteiger partial charge in [0, 0.05) is 25.0 Å². The van der Waals surface area contributed by atoms with Gasteiger partial charge in [-0.25, -0.2) is 9.97 Å². The quantitative estimate of drug-likeness (QED) is 0.896. The molecule has 1 aliphatic heterocycles. The van der Waals surface area contributed by atoms with E-state index >= 15 is 0 Å². The summed E-state index contributed by atoms with van der Waals surface area (Å²) in [4.78, 5) is 11.1. The standard InChI is InChI=1S/C16H26N4/c1-2-5-15(4-1)20-12-7-14(8-13-20)6-11-19-16-17-9-3-10-18-16/h3,9-10,14-15H,1-2,4-8,11-13H2,(H,17,18,19). The molecule has 0 unspecified atom stereocenters. The monoisotopic (exact) mass is 274 g/mol. The first-order valence-corrected chi connectivity index (χ1v) is 8.17. The zero-order valence-electron chi connectivity index (χ0n) is 12.3. The van der Waals surface area contributed by atoms with Gasteiger partial charge in [-0.1, -0.05) is 12.8 Å². The molecule has 0 atom stereocenters. The summed E-state index contributed by atoms with van der Waals surface area (Å²) in [7, 11) is 0. The van der Waals surface area contributed by atoms with Crippen molar-refractivity contribution in [1.29, 1.82) is 0 Å². The molecule has 0 spiro atoms. The third-order valence-corrected chi connectivity index (χ3v) is 4.89. The first kappa shape index (κ1) is 13.8. The summed E-state index contributed by atoms with van der Waals surface area (Å²) in [6, 6.07) is 2.76. The van der Waals surface area contributed by atoms with Crippen LogP contribution in [-0.2, 0) is 0 Å². The molecule has 1 aliphatic carbocycles. The molecular formula is C16H26N4. The second-order valence-corrected chi connectivity index (χ2v) is 6.21. The summed E-state index contributed by atoms with van der Waals surface area (Å²) < 4.78 is 0. The predicted octanol–water partition coefficient (Wildman–Crippen LogP) is 2.93. The molecular weight excluding hydrogens is 248 g/mol. The Morgan fingerprint density at radius 2 is 1.75 bits per heavy atom. The number of piperidine rings is 1. The van der Waals surface area contributed by atoms with Crippen molar-refractivity contribution in [3.63, 3.8) is 0 Å². The Labute approximate surface area is 122 Å². The van der Waals surface area contributed by atoms with E-state index in [1.165, 1.54) is 58.0 Å². The van der Waals surface area contributed by atoms with Crippen LogP contribution in [0.3, 0.4) is 0 Å². The zero-order valence-corrected chi connectivity index (χ0v) is 12.3. The molecule has 0 radical (unpaired) electrons. The third-order valence-electron chi connectivity index (χ3n) is 4.89. The largest absolute Gasteiger partial charge is 0.354 e. The minimum Gasteiger partial charge on any atom is -0.354 e. The lowest BCUT2D eigenvalue weighted by atomic mass is 9.92. The molecule has 3 rings (SSSR count). The fraction of sp³-hybridized carbons (Fsp3) is 0.750. The minimum atomic E-state index is 0.760. The summed E-state index contributed by atoms with van der Waals surface area (Å²) in [6.45, 7) is 3.63. The van der Waals surface area contributed by atoms with Gasteiger partial charge in [-0.3, -0.25) is 0 Å². The van der Waals surface area contributed by atoms with Gasteiger partial charge >= 0.3 is 0 Å². The van der Waals surface area contributed by atoms with Gasteiger partial charge in [0.2, 0.25) is 5.95 Å². The van der Waals surface area contributed by atoms with Crippen molar-refractivity contribution in [2.45, 2.75) is 51.0 Å². The average molecular weight is 274 g/mol. The number of rotatable bonds is 5. The molecule has 0 aromatic carbocycles. The van der Waals surface area contributed by atoms with Crippen LogP contribution in [0.2, 0.25) is 0 Å². The maximum Gasteiger partial charge on any atom is 0.222 e. The van der Waals surface area contributed by atoms with E-state index in [4.69, 9.17) is 0 Å². The smallest absolute Gasteiger partial charge is 0.222 e. The van der Waals surface area contributed by atoms with Crippen LogP contribution in [0.4, 0.5) is 5.95 Å². The highest BCUT2D eigenvalue weighted by molar-refractivity contribution is 5.21. The van der Waals surface area contributed by atoms with Crippen LogP contribution in [0.25, 0.3) is 0 Å². The molecule has 1 aromatic heterocycles. The average Bonchev–Trinajstić information content (AvgIpc) is 3.03. The molecule has 20 heavy (non-hydrogen) atoms. The normalized spacial score (nSPS) is 22.2. The van der Waals surface area contributed by atoms with Crippen LogP contribution in [0.15, 0.2) is 18.5 Å². The minimum absolute atomic E-state index is 0.760. The van der Waals surface area contributed by atoms with Crippen LogP contribution >= 0.6 is 0 Å². The number of likely N-dealkylation sites (tertiary alicyclic amines) is 1. The number of anilines is 1. The van der Waals surface area contributed by atoms with E-state index in [1.807, 2.05) is 6.07 Å². The molecule has 4 heteroatoms. The number of nitrogens with one attached hydrogen (secondary N) is 1. The summed E-state index contributed by atoms with van der Waals surface area (Å²) >= 11 is 0. The van der Waals surface area contributed by atoms with Crippen LogP contribution in [-0.4, -0.2) is 40.5 Å². The molecule has 0 bridgehead atoms. The van der Waals surface area contributed by atoms with Crippen molar-refractivity contribution in [3.05, 3.63) is 18.5 Å². The van der Waals surface area contributed by atoms with Crippen molar-refractivity contribution in [2.24, 2.45) is 5.92 Å². The van der Waals surface area contributed by atoms with Crippen molar-refractivity contribution in [1.82, 2.24) is 14.9 Å². The third kappa shape index (κ3) is 3.69. The first-order valence-electron chi connectivity index (χ1n) is 8.17. The maximum atomic E-state index is 4.20. The van der Waals surface area contributed by atoms with Crippen molar-refractivity contribution in [2.75, 3.05) is 25.0 Å². The van der Waals surface area contributed by atoms with Crippen LogP contribution in [0.5, 0.6) is 0 Å². The van der Waals surface area contributed by atoms with Crippen LogP contribution in [0.1, 0.15) is 44.9 Å². The topological polar surface area (TPSA) is 41.1 Å². The maximum absolute atomic E-state index is 4.20. The van der Waals surface area contributed by atoms with Crippen LogP contribution in [0, 0.1) is 5.92 Å². The van der Waals surface area contributed by atoms with E-state index in [9.17, 15) is 0 Å². The van der Waals surface area contributed by atoms with E-state index in [2.05, 4.69) is 20.2 Å². The fourth-order valence-electron chi connectivity index (χ4n) is 3.65. The van der Waals surface area contributed by atoms with Crippen LogP contribution < -0.4 is 5.32 Å². The number of hydrogen-bond donors (Lipinski definition) is 1. The van der Waals surface area contributed by atoms with Gasteiger partial charge < -0.3 is 10.2 Å². The molecule has 2 heterocycles. The summed E-state index contributed by atoms with van der Waals surface area (Å²) in [6.07, 6.45) is 13.3. The van der Waals surface area contributed by atoms with E-state index in [1.54, 1.807) is 12.4 Å². The van der Waals surface area contributed by atoms with Gasteiger partial charge in [-0.15, -0.1) is 0 Å². The lowest BCUT2D eigenvalue weighted by Gasteiger charge is -2.36. The van der Waals surface area contributed by atoms with E-state index in [0.717, 1.165) is 24.5 Å². The molecule has 1 saturated heterocycles. The van der Waals surface area contributed by atoms with Gasteiger partial charge in [0.25, 0.3) is 0 Å². The predicted molar refractivity (Wildman–Crippen MR) is 81.7 cm³/mol. The fourth-order valence-corrected chi connectivity index (χ4v) is 3.65. The summed E-state index contributed by atoms with van der Waals surface area (Å²) in [5.74, 6) is 1.64. The molecule has 110 valence electrons. The molecule has 0 amide bonds. The molecule has 1 N–H and O–H groups in total. The number of aromatic nitrogens is 2. The van der Waals surface area contributed by atoms with Gasteiger partial charge in [-0.2, -0.15) is 0 Å². The van der Waals surface area contributed by atoms with Gasteiger partial charge in [-0.05, 0) is 57.2 Å². The lowest BCUT2D eigenvalue weighted by Crippen LogP contribution is -2.40. The summed E-state index contributed by atoms with van der Waals surface area (Å²) in [5, 5.41) is 3.32. The van der Waals surface area contributed by atoms with E-state index in [0.29, 0.717) is 0 Å². The molecule has 1 saturated carbocycles. The highest BCUT2D eigenvalue weighted by Crippen LogP contribution is 2.28. The Hall–Kier alpha value is -1.16. The second-order valence-electron chi connectivity index (χ2n) is 6.21. The zero-order chi connectivity index (χ0) is 13.6. The Balaban J connectivity index is 1.34. The Kier molecular flexibility index (Phi) is 4.85. The molecule has 2 fully saturated rings. The van der Waals surface area contributed by atoms with Crippen molar-refractivity contribution in [3.8, 4) is 0 Å². The Morgan fingerprint density at radius 1 is 1.05 bits per heavy atom. The molecule has 2 aliphatic rings. The highest BCUT2D eigenvalue weighted by Gasteiger charge is 2.26.